The minimum Gasteiger partial charge on any atom is -0.496 e. The molecule has 0 heterocycles. The van der Waals surface area contributed by atoms with E-state index in [-0.39, 0.29) is 18.0 Å². The summed E-state index contributed by atoms with van der Waals surface area (Å²) in [6.45, 7) is 1.92. The van der Waals surface area contributed by atoms with Gasteiger partial charge in [0.2, 0.25) is 0 Å². The molecule has 0 bridgehead atoms. The Morgan fingerprint density at radius 3 is 2.65 bits per heavy atom. The molecular formula is C16H14BrFO2. The first-order valence-corrected chi connectivity index (χ1v) is 6.92. The van der Waals surface area contributed by atoms with E-state index >= 15 is 0 Å². The van der Waals surface area contributed by atoms with E-state index in [2.05, 4.69) is 15.9 Å². The number of rotatable bonds is 4. The van der Waals surface area contributed by atoms with E-state index in [1.807, 2.05) is 13.0 Å². The van der Waals surface area contributed by atoms with Crippen LogP contribution in [0.4, 0.5) is 4.39 Å². The van der Waals surface area contributed by atoms with Gasteiger partial charge in [-0.3, -0.25) is 4.79 Å². The Morgan fingerprint density at radius 1 is 1.25 bits per heavy atom. The lowest BCUT2D eigenvalue weighted by molar-refractivity contribution is 0.0989. The van der Waals surface area contributed by atoms with Crippen LogP contribution in [-0.4, -0.2) is 12.9 Å². The monoisotopic (exact) mass is 336 g/mol. The van der Waals surface area contributed by atoms with Crippen LogP contribution in [0.1, 0.15) is 21.5 Å². The van der Waals surface area contributed by atoms with Gasteiger partial charge in [0.1, 0.15) is 11.6 Å². The Bertz CT molecular complexity index is 653. The maximum absolute atomic E-state index is 13.8. The zero-order valence-corrected chi connectivity index (χ0v) is 12.8. The summed E-state index contributed by atoms with van der Waals surface area (Å²) in [6.07, 6.45) is 0.0124. The molecular weight excluding hydrogens is 323 g/mol. The summed E-state index contributed by atoms with van der Waals surface area (Å²) in [5.41, 5.74) is 1.86. The maximum Gasteiger partial charge on any atom is 0.171 e. The number of methoxy groups -OCH3 is 1. The van der Waals surface area contributed by atoms with Crippen molar-refractivity contribution in [3.05, 3.63) is 63.4 Å². The first-order valence-electron chi connectivity index (χ1n) is 6.13. The second-order valence-electron chi connectivity index (χ2n) is 4.54. The lowest BCUT2D eigenvalue weighted by Gasteiger charge is -2.09. The second kappa shape index (κ2) is 6.18. The first kappa shape index (κ1) is 14.7. The van der Waals surface area contributed by atoms with Crippen molar-refractivity contribution < 1.29 is 13.9 Å². The van der Waals surface area contributed by atoms with E-state index in [0.29, 0.717) is 21.3 Å². The SMILES string of the molecule is COc1cc(C)ccc1C(=O)Cc1ccc(Br)cc1F. The van der Waals surface area contributed by atoms with Crippen LogP contribution in [0.5, 0.6) is 5.75 Å². The number of aryl methyl sites for hydroxylation is 1. The molecule has 0 fully saturated rings. The molecule has 0 aliphatic heterocycles. The van der Waals surface area contributed by atoms with Gasteiger partial charge in [0.05, 0.1) is 12.7 Å². The molecule has 0 amide bonds. The van der Waals surface area contributed by atoms with Crippen LogP contribution < -0.4 is 4.74 Å². The molecule has 2 rings (SSSR count). The van der Waals surface area contributed by atoms with E-state index in [4.69, 9.17) is 4.74 Å². The summed E-state index contributed by atoms with van der Waals surface area (Å²) >= 11 is 3.19. The number of ketones is 1. The van der Waals surface area contributed by atoms with E-state index in [9.17, 15) is 9.18 Å². The molecule has 0 aliphatic rings. The van der Waals surface area contributed by atoms with Crippen LogP contribution in [0.2, 0.25) is 0 Å². The Balaban J connectivity index is 2.28. The fourth-order valence-electron chi connectivity index (χ4n) is 1.96. The zero-order valence-electron chi connectivity index (χ0n) is 11.2. The molecule has 0 spiro atoms. The zero-order chi connectivity index (χ0) is 14.7. The van der Waals surface area contributed by atoms with E-state index in [1.54, 1.807) is 24.3 Å². The van der Waals surface area contributed by atoms with Gasteiger partial charge in [0.15, 0.2) is 5.78 Å². The average molecular weight is 337 g/mol. The van der Waals surface area contributed by atoms with Crippen LogP contribution in [0.3, 0.4) is 0 Å². The minimum atomic E-state index is -0.390. The van der Waals surface area contributed by atoms with Crippen molar-refractivity contribution in [2.75, 3.05) is 7.11 Å². The molecule has 0 N–H and O–H groups in total. The quantitative estimate of drug-likeness (QED) is 0.776. The number of ether oxygens (including phenoxy) is 1. The minimum absolute atomic E-state index is 0.0124. The topological polar surface area (TPSA) is 26.3 Å². The molecule has 0 saturated heterocycles. The highest BCUT2D eigenvalue weighted by Crippen LogP contribution is 2.23. The summed E-state index contributed by atoms with van der Waals surface area (Å²) in [7, 11) is 1.52. The molecule has 2 aromatic carbocycles. The summed E-state index contributed by atoms with van der Waals surface area (Å²) in [5, 5.41) is 0. The predicted molar refractivity (Wildman–Crippen MR) is 79.9 cm³/mol. The van der Waals surface area contributed by atoms with Gasteiger partial charge in [0, 0.05) is 10.9 Å². The predicted octanol–water partition coefficient (Wildman–Crippen LogP) is 4.33. The number of hydrogen-bond donors (Lipinski definition) is 0. The fourth-order valence-corrected chi connectivity index (χ4v) is 2.30. The normalized spacial score (nSPS) is 10.4. The molecule has 4 heteroatoms. The smallest absolute Gasteiger partial charge is 0.171 e. The van der Waals surface area contributed by atoms with Gasteiger partial charge in [0.25, 0.3) is 0 Å². The van der Waals surface area contributed by atoms with E-state index < -0.39 is 0 Å². The summed E-state index contributed by atoms with van der Waals surface area (Å²) in [5.74, 6) is -0.0330. The van der Waals surface area contributed by atoms with Crippen LogP contribution in [0.25, 0.3) is 0 Å². The third-order valence-corrected chi connectivity index (χ3v) is 3.52. The Hall–Kier alpha value is -1.68. The van der Waals surface area contributed by atoms with Crippen LogP contribution in [0, 0.1) is 12.7 Å². The number of halogens is 2. The van der Waals surface area contributed by atoms with Crippen LogP contribution in [0.15, 0.2) is 40.9 Å². The Labute approximate surface area is 125 Å². The second-order valence-corrected chi connectivity index (χ2v) is 5.46. The van der Waals surface area contributed by atoms with Crippen molar-refractivity contribution >= 4 is 21.7 Å². The highest BCUT2D eigenvalue weighted by molar-refractivity contribution is 9.10. The number of Topliss-reactive ketones (excluding diaryl/α,β-unsaturated/α-hetero) is 1. The van der Waals surface area contributed by atoms with Gasteiger partial charge in [-0.15, -0.1) is 0 Å². The van der Waals surface area contributed by atoms with Crippen LogP contribution >= 0.6 is 15.9 Å². The molecule has 20 heavy (non-hydrogen) atoms. The van der Waals surface area contributed by atoms with E-state index in [0.717, 1.165) is 5.56 Å². The van der Waals surface area contributed by atoms with Crippen molar-refractivity contribution in [3.8, 4) is 5.75 Å². The highest BCUT2D eigenvalue weighted by Gasteiger charge is 2.15. The third kappa shape index (κ3) is 3.25. The van der Waals surface area contributed by atoms with Crippen LogP contribution in [-0.2, 0) is 6.42 Å². The van der Waals surface area contributed by atoms with Crippen molar-refractivity contribution in [3.63, 3.8) is 0 Å². The summed E-state index contributed by atoms with van der Waals surface area (Å²) in [6, 6.07) is 10.0. The standard InChI is InChI=1S/C16H14BrFO2/c1-10-3-6-13(16(7-10)20-2)15(19)8-11-4-5-12(17)9-14(11)18/h3-7,9H,8H2,1-2H3. The lowest BCUT2D eigenvalue weighted by atomic mass is 10.0. The van der Waals surface area contributed by atoms with Gasteiger partial charge >= 0.3 is 0 Å². The number of hydrogen-bond acceptors (Lipinski definition) is 2. The largest absolute Gasteiger partial charge is 0.496 e. The average Bonchev–Trinajstić information content (AvgIpc) is 2.41. The molecule has 0 aliphatic carbocycles. The fraction of sp³-hybridized carbons (Fsp3) is 0.188. The maximum atomic E-state index is 13.8. The van der Waals surface area contributed by atoms with Gasteiger partial charge in [-0.05, 0) is 42.3 Å². The molecule has 0 saturated carbocycles. The Kier molecular flexibility index (Phi) is 4.55. The Morgan fingerprint density at radius 2 is 2.00 bits per heavy atom. The number of benzene rings is 2. The van der Waals surface area contributed by atoms with Crippen molar-refractivity contribution in [2.24, 2.45) is 0 Å². The van der Waals surface area contributed by atoms with Crippen molar-refractivity contribution in [2.45, 2.75) is 13.3 Å². The van der Waals surface area contributed by atoms with Gasteiger partial charge < -0.3 is 4.74 Å². The van der Waals surface area contributed by atoms with Gasteiger partial charge in [-0.1, -0.05) is 28.1 Å². The highest BCUT2D eigenvalue weighted by atomic mass is 79.9. The van der Waals surface area contributed by atoms with Gasteiger partial charge in [-0.2, -0.15) is 0 Å². The molecule has 0 radical (unpaired) electrons. The molecule has 0 aromatic heterocycles. The summed E-state index contributed by atoms with van der Waals surface area (Å²) < 4.78 is 19.6. The third-order valence-electron chi connectivity index (χ3n) is 3.02. The molecule has 0 unspecified atom stereocenters. The molecule has 104 valence electrons. The number of carbonyl (C=O) groups is 1. The number of carbonyl (C=O) groups excluding carboxylic acids is 1. The van der Waals surface area contributed by atoms with Crippen molar-refractivity contribution in [1.29, 1.82) is 0 Å². The van der Waals surface area contributed by atoms with Gasteiger partial charge in [-0.25, -0.2) is 4.39 Å². The summed E-state index contributed by atoms with van der Waals surface area (Å²) in [4.78, 5) is 12.3. The van der Waals surface area contributed by atoms with E-state index in [1.165, 1.54) is 13.2 Å². The molecule has 2 aromatic rings. The lowest BCUT2D eigenvalue weighted by Crippen LogP contribution is -2.07. The van der Waals surface area contributed by atoms with Crippen molar-refractivity contribution in [1.82, 2.24) is 0 Å². The first-order chi connectivity index (χ1) is 9.51. The molecule has 0 atom stereocenters. The molecule has 2 nitrogen and oxygen atoms in total.